The Bertz CT molecular complexity index is 508. The highest BCUT2D eigenvalue weighted by Crippen LogP contribution is 2.20. The molecule has 1 N–H and O–H groups in total. The zero-order chi connectivity index (χ0) is 12.3. The molecule has 0 aliphatic carbocycles. The first-order valence-corrected chi connectivity index (χ1v) is 5.54. The molecule has 0 saturated carbocycles. The molecule has 0 amide bonds. The van der Waals surface area contributed by atoms with Crippen LogP contribution in [0.2, 0.25) is 0 Å². The minimum Gasteiger partial charge on any atom is -0.355 e. The third-order valence-corrected chi connectivity index (χ3v) is 2.36. The lowest BCUT2D eigenvalue weighted by atomic mass is 10.2. The van der Waals surface area contributed by atoms with Gasteiger partial charge in [-0.25, -0.2) is 4.39 Å². The van der Waals surface area contributed by atoms with Crippen molar-refractivity contribution in [2.45, 2.75) is 20.4 Å². The second-order valence-electron chi connectivity index (χ2n) is 3.51. The van der Waals surface area contributed by atoms with Crippen molar-refractivity contribution < 1.29 is 4.39 Å². The Labute approximate surface area is 98.7 Å². The first-order chi connectivity index (χ1) is 8.26. The summed E-state index contributed by atoms with van der Waals surface area (Å²) in [6.45, 7) is 5.44. The molecular formula is C11H14FN5. The summed E-state index contributed by atoms with van der Waals surface area (Å²) < 4.78 is 15.0. The average Bonchev–Trinajstić information content (AvgIpc) is 2.72. The molecule has 0 spiro atoms. The largest absolute Gasteiger partial charge is 0.355 e. The molecule has 2 rings (SSSR count). The van der Waals surface area contributed by atoms with E-state index in [9.17, 15) is 4.39 Å². The Hall–Kier alpha value is -1.98. The van der Waals surface area contributed by atoms with E-state index in [1.54, 1.807) is 6.20 Å². The lowest BCUT2D eigenvalue weighted by Crippen LogP contribution is -2.07. The van der Waals surface area contributed by atoms with E-state index in [2.05, 4.69) is 20.5 Å². The zero-order valence-corrected chi connectivity index (χ0v) is 9.81. The van der Waals surface area contributed by atoms with E-state index in [0.717, 1.165) is 6.54 Å². The SMILES string of the molecule is CCNc1nnc(-c2cncc(F)c2)n1CC. The summed E-state index contributed by atoms with van der Waals surface area (Å²) in [6.07, 6.45) is 2.75. The smallest absolute Gasteiger partial charge is 0.224 e. The van der Waals surface area contributed by atoms with Crippen LogP contribution in [-0.2, 0) is 6.54 Å². The molecule has 5 nitrogen and oxygen atoms in total. The summed E-state index contributed by atoms with van der Waals surface area (Å²) in [6, 6.07) is 1.40. The van der Waals surface area contributed by atoms with E-state index in [0.29, 0.717) is 23.9 Å². The fraction of sp³-hybridized carbons (Fsp3) is 0.364. The van der Waals surface area contributed by atoms with Crippen molar-refractivity contribution in [1.82, 2.24) is 19.7 Å². The standard InChI is InChI=1S/C11H14FN5/c1-3-14-11-16-15-10(17(11)4-2)8-5-9(12)7-13-6-8/h5-7H,3-4H2,1-2H3,(H,14,16). The highest BCUT2D eigenvalue weighted by atomic mass is 19.1. The van der Waals surface area contributed by atoms with Gasteiger partial charge in [0.15, 0.2) is 5.82 Å². The van der Waals surface area contributed by atoms with Gasteiger partial charge in [0.05, 0.1) is 6.20 Å². The molecule has 2 aromatic heterocycles. The summed E-state index contributed by atoms with van der Waals surface area (Å²) in [5.41, 5.74) is 0.628. The fourth-order valence-electron chi connectivity index (χ4n) is 1.64. The Balaban J connectivity index is 2.45. The molecular weight excluding hydrogens is 221 g/mol. The van der Waals surface area contributed by atoms with Gasteiger partial charge in [-0.2, -0.15) is 0 Å². The second-order valence-corrected chi connectivity index (χ2v) is 3.51. The van der Waals surface area contributed by atoms with E-state index in [1.807, 2.05) is 18.4 Å². The lowest BCUT2D eigenvalue weighted by Gasteiger charge is -2.07. The number of aromatic nitrogens is 4. The van der Waals surface area contributed by atoms with Crippen LogP contribution in [0.5, 0.6) is 0 Å². The minimum atomic E-state index is -0.377. The third-order valence-electron chi connectivity index (χ3n) is 2.36. The summed E-state index contributed by atoms with van der Waals surface area (Å²) in [4.78, 5) is 3.81. The first-order valence-electron chi connectivity index (χ1n) is 5.54. The monoisotopic (exact) mass is 235 g/mol. The van der Waals surface area contributed by atoms with Gasteiger partial charge in [0.25, 0.3) is 0 Å². The molecule has 2 heterocycles. The molecule has 0 fully saturated rings. The lowest BCUT2D eigenvalue weighted by molar-refractivity contribution is 0.621. The van der Waals surface area contributed by atoms with Crippen molar-refractivity contribution in [2.24, 2.45) is 0 Å². The highest BCUT2D eigenvalue weighted by Gasteiger charge is 2.12. The van der Waals surface area contributed by atoms with Crippen molar-refractivity contribution >= 4 is 5.95 Å². The maximum Gasteiger partial charge on any atom is 0.224 e. The molecule has 0 unspecified atom stereocenters. The van der Waals surface area contributed by atoms with Gasteiger partial charge in [-0.3, -0.25) is 9.55 Å². The van der Waals surface area contributed by atoms with Crippen LogP contribution >= 0.6 is 0 Å². The summed E-state index contributed by atoms with van der Waals surface area (Å²) in [5.74, 6) is 0.933. The van der Waals surface area contributed by atoms with Crippen molar-refractivity contribution in [3.8, 4) is 11.4 Å². The van der Waals surface area contributed by atoms with Crippen molar-refractivity contribution in [2.75, 3.05) is 11.9 Å². The number of nitrogens with zero attached hydrogens (tertiary/aromatic N) is 4. The number of hydrogen-bond acceptors (Lipinski definition) is 4. The van der Waals surface area contributed by atoms with Gasteiger partial charge in [-0.05, 0) is 19.9 Å². The van der Waals surface area contributed by atoms with Gasteiger partial charge in [0.1, 0.15) is 5.82 Å². The van der Waals surface area contributed by atoms with Crippen molar-refractivity contribution in [3.05, 3.63) is 24.3 Å². The van der Waals surface area contributed by atoms with Crippen LogP contribution < -0.4 is 5.32 Å². The molecule has 0 radical (unpaired) electrons. The molecule has 6 heteroatoms. The number of halogens is 1. The minimum absolute atomic E-state index is 0.377. The molecule has 17 heavy (non-hydrogen) atoms. The number of anilines is 1. The van der Waals surface area contributed by atoms with Crippen LogP contribution in [0.3, 0.4) is 0 Å². The molecule has 2 aromatic rings. The van der Waals surface area contributed by atoms with Crippen molar-refractivity contribution in [1.29, 1.82) is 0 Å². The maximum absolute atomic E-state index is 13.1. The predicted molar refractivity (Wildman–Crippen MR) is 63.0 cm³/mol. The molecule has 0 atom stereocenters. The van der Waals surface area contributed by atoms with Gasteiger partial charge in [0, 0.05) is 24.8 Å². The van der Waals surface area contributed by atoms with E-state index < -0.39 is 0 Å². The molecule has 0 aliphatic heterocycles. The number of pyridine rings is 1. The molecule has 0 saturated heterocycles. The molecule has 0 aliphatic rings. The Morgan fingerprint density at radius 1 is 1.29 bits per heavy atom. The Kier molecular flexibility index (Phi) is 3.32. The normalized spacial score (nSPS) is 10.5. The second kappa shape index (κ2) is 4.90. The molecule has 0 aromatic carbocycles. The van der Waals surface area contributed by atoms with Crippen molar-refractivity contribution in [3.63, 3.8) is 0 Å². The molecule has 0 bridgehead atoms. The predicted octanol–water partition coefficient (Wildman–Crippen LogP) is 1.93. The summed E-state index contributed by atoms with van der Waals surface area (Å²) >= 11 is 0. The van der Waals surface area contributed by atoms with Crippen LogP contribution in [-0.4, -0.2) is 26.3 Å². The number of nitrogens with one attached hydrogen (secondary N) is 1. The van der Waals surface area contributed by atoms with Crippen LogP contribution in [0, 0.1) is 5.82 Å². The van der Waals surface area contributed by atoms with Crippen LogP contribution in [0.1, 0.15) is 13.8 Å². The van der Waals surface area contributed by atoms with E-state index >= 15 is 0 Å². The van der Waals surface area contributed by atoms with Gasteiger partial charge in [-0.15, -0.1) is 10.2 Å². The summed E-state index contributed by atoms with van der Waals surface area (Å²) in [5, 5.41) is 11.2. The Morgan fingerprint density at radius 2 is 2.12 bits per heavy atom. The van der Waals surface area contributed by atoms with Gasteiger partial charge in [-0.1, -0.05) is 0 Å². The fourth-order valence-corrected chi connectivity index (χ4v) is 1.64. The zero-order valence-electron chi connectivity index (χ0n) is 9.81. The maximum atomic E-state index is 13.1. The van der Waals surface area contributed by atoms with E-state index in [1.165, 1.54) is 12.3 Å². The Morgan fingerprint density at radius 3 is 2.76 bits per heavy atom. The van der Waals surface area contributed by atoms with Crippen LogP contribution in [0.4, 0.5) is 10.3 Å². The van der Waals surface area contributed by atoms with Gasteiger partial charge in [0.2, 0.25) is 5.95 Å². The number of hydrogen-bond donors (Lipinski definition) is 1. The van der Waals surface area contributed by atoms with Gasteiger partial charge < -0.3 is 5.32 Å². The third kappa shape index (κ3) is 2.25. The first kappa shape index (κ1) is 11.5. The van der Waals surface area contributed by atoms with Crippen LogP contribution in [0.15, 0.2) is 18.5 Å². The van der Waals surface area contributed by atoms with Gasteiger partial charge >= 0.3 is 0 Å². The molecule has 90 valence electrons. The van der Waals surface area contributed by atoms with E-state index in [4.69, 9.17) is 0 Å². The summed E-state index contributed by atoms with van der Waals surface area (Å²) in [7, 11) is 0. The number of rotatable bonds is 4. The topological polar surface area (TPSA) is 55.6 Å². The van der Waals surface area contributed by atoms with Crippen LogP contribution in [0.25, 0.3) is 11.4 Å². The average molecular weight is 235 g/mol. The quantitative estimate of drug-likeness (QED) is 0.879. The highest BCUT2D eigenvalue weighted by molar-refractivity contribution is 5.56. The van der Waals surface area contributed by atoms with E-state index in [-0.39, 0.29) is 5.82 Å².